The summed E-state index contributed by atoms with van der Waals surface area (Å²) in [6, 6.07) is 55.0. The molecule has 0 aliphatic carbocycles. The summed E-state index contributed by atoms with van der Waals surface area (Å²) < 4.78 is 4.08. The Morgan fingerprint density at radius 2 is 0.980 bits per heavy atom. The van der Waals surface area contributed by atoms with Crippen LogP contribution in [0.4, 0.5) is 0 Å². The number of aromatic nitrogens is 5. The highest BCUT2D eigenvalue weighted by Crippen LogP contribution is 2.35. The van der Waals surface area contributed by atoms with Crippen LogP contribution in [-0.2, 0) is 0 Å². The molecular formula is C44H27N5O. The van der Waals surface area contributed by atoms with E-state index in [0.717, 1.165) is 66.0 Å². The summed E-state index contributed by atoms with van der Waals surface area (Å²) in [6.07, 6.45) is 0. The van der Waals surface area contributed by atoms with Gasteiger partial charge in [0.25, 0.3) is 5.56 Å². The fraction of sp³-hybridized carbons (Fsp3) is 0. The number of rotatable bonds is 4. The van der Waals surface area contributed by atoms with Gasteiger partial charge < -0.3 is 0 Å². The maximum absolute atomic E-state index is 14.8. The Balaban J connectivity index is 1.27. The lowest BCUT2D eigenvalue weighted by atomic mass is 10.0. The molecule has 0 atom stereocenters. The predicted molar refractivity (Wildman–Crippen MR) is 203 cm³/mol. The van der Waals surface area contributed by atoms with Crippen LogP contribution in [0.5, 0.6) is 0 Å². The zero-order valence-corrected chi connectivity index (χ0v) is 26.7. The van der Waals surface area contributed by atoms with Crippen LogP contribution < -0.4 is 5.56 Å². The van der Waals surface area contributed by atoms with Crippen molar-refractivity contribution in [1.29, 1.82) is 0 Å². The lowest BCUT2D eigenvalue weighted by molar-refractivity contribution is 1.02. The molecule has 6 heteroatoms. The van der Waals surface area contributed by atoms with Gasteiger partial charge in [-0.15, -0.1) is 0 Å². The van der Waals surface area contributed by atoms with Crippen molar-refractivity contribution < 1.29 is 0 Å². The molecule has 0 spiro atoms. The molecule has 0 N–H and O–H groups in total. The summed E-state index contributed by atoms with van der Waals surface area (Å²) >= 11 is 0. The summed E-state index contributed by atoms with van der Waals surface area (Å²) in [5.74, 6) is 1.76. The lowest BCUT2D eigenvalue weighted by Crippen LogP contribution is -2.21. The molecule has 7 aromatic carbocycles. The van der Waals surface area contributed by atoms with Crippen molar-refractivity contribution in [2.75, 3.05) is 0 Å². The van der Waals surface area contributed by atoms with E-state index in [-0.39, 0.29) is 5.56 Å². The Labute approximate surface area is 286 Å². The molecule has 3 heterocycles. The van der Waals surface area contributed by atoms with E-state index in [0.29, 0.717) is 22.9 Å². The number of hydrogen-bond donors (Lipinski definition) is 0. The van der Waals surface area contributed by atoms with Crippen molar-refractivity contribution in [3.8, 4) is 39.9 Å². The Morgan fingerprint density at radius 3 is 1.68 bits per heavy atom. The van der Waals surface area contributed by atoms with Crippen molar-refractivity contribution >= 4 is 49.0 Å². The van der Waals surface area contributed by atoms with Gasteiger partial charge in [-0.3, -0.25) is 13.8 Å². The minimum atomic E-state index is -0.0724. The molecule has 0 amide bonds. The van der Waals surface area contributed by atoms with E-state index in [1.807, 2.05) is 120 Å². The fourth-order valence-corrected chi connectivity index (χ4v) is 7.20. The molecule has 234 valence electrons. The van der Waals surface area contributed by atoms with Crippen molar-refractivity contribution in [3.63, 3.8) is 0 Å². The molecule has 0 unspecified atom stereocenters. The zero-order valence-electron chi connectivity index (χ0n) is 26.7. The molecule has 0 saturated heterocycles. The lowest BCUT2D eigenvalue weighted by Gasteiger charge is -2.17. The van der Waals surface area contributed by atoms with Crippen molar-refractivity contribution in [2.45, 2.75) is 0 Å². The molecule has 0 fully saturated rings. The maximum atomic E-state index is 14.8. The van der Waals surface area contributed by atoms with Gasteiger partial charge >= 0.3 is 0 Å². The van der Waals surface area contributed by atoms with Gasteiger partial charge in [-0.2, -0.15) is 0 Å². The van der Waals surface area contributed by atoms with E-state index in [1.165, 1.54) is 0 Å². The fourth-order valence-electron chi connectivity index (χ4n) is 7.20. The third kappa shape index (κ3) is 4.36. The molecule has 0 aliphatic heterocycles. The molecule has 0 aliphatic rings. The van der Waals surface area contributed by atoms with Gasteiger partial charge in [-0.1, -0.05) is 127 Å². The molecule has 3 aromatic heterocycles. The topological polar surface area (TPSA) is 65.1 Å². The van der Waals surface area contributed by atoms with Crippen LogP contribution in [0.2, 0.25) is 0 Å². The molecule has 0 bridgehead atoms. The predicted octanol–water partition coefficient (Wildman–Crippen LogP) is 9.89. The molecule has 0 radical (unpaired) electrons. The first-order valence-electron chi connectivity index (χ1n) is 16.6. The molecule has 10 rings (SSSR count). The quantitative estimate of drug-likeness (QED) is 0.180. The van der Waals surface area contributed by atoms with Gasteiger partial charge in [0.2, 0.25) is 0 Å². The Morgan fingerprint density at radius 1 is 0.420 bits per heavy atom. The SMILES string of the molecule is O=c1c2cc3ccccc3cc2n2c3ccccc3cc2n1-c1ccc(-c2nc(-c3ccccc3)nc(-c3ccccc3)n2)c2ccccc12. The van der Waals surface area contributed by atoms with Crippen LogP contribution in [0.25, 0.3) is 88.8 Å². The molecule has 0 saturated carbocycles. The summed E-state index contributed by atoms with van der Waals surface area (Å²) in [5, 5.41) is 5.69. The maximum Gasteiger partial charge on any atom is 0.266 e. The van der Waals surface area contributed by atoms with Crippen molar-refractivity contribution in [3.05, 3.63) is 174 Å². The molecule has 50 heavy (non-hydrogen) atoms. The van der Waals surface area contributed by atoms with Gasteiger partial charge in [-0.05, 0) is 52.6 Å². The minimum Gasteiger partial charge on any atom is -0.295 e. The Bertz CT molecular complexity index is 2940. The highest BCUT2D eigenvalue weighted by atomic mass is 16.1. The van der Waals surface area contributed by atoms with E-state index in [4.69, 9.17) is 15.0 Å². The van der Waals surface area contributed by atoms with Crippen molar-refractivity contribution in [1.82, 2.24) is 23.9 Å². The highest BCUT2D eigenvalue weighted by molar-refractivity contribution is 6.04. The Hall–Kier alpha value is -6.92. The second-order valence-electron chi connectivity index (χ2n) is 12.5. The zero-order chi connectivity index (χ0) is 33.2. The standard InChI is InChI=1S/C44H27N5O/c50-44-36-25-30-17-7-8-18-31(30)26-39(36)48-37-22-12-9-19-32(37)27-40(48)49(44)38-24-23-35(33-20-10-11-21-34(33)38)43-46-41(28-13-3-1-4-14-28)45-42(47-43)29-15-5-2-6-16-29/h1-27H. The van der Waals surface area contributed by atoms with Gasteiger partial charge in [0, 0.05) is 27.5 Å². The van der Waals surface area contributed by atoms with E-state index in [1.54, 1.807) is 0 Å². The third-order valence-corrected chi connectivity index (χ3v) is 9.54. The van der Waals surface area contributed by atoms with Gasteiger partial charge in [0.15, 0.2) is 17.5 Å². The van der Waals surface area contributed by atoms with Crippen LogP contribution in [0.1, 0.15) is 0 Å². The molecule has 6 nitrogen and oxygen atoms in total. The van der Waals surface area contributed by atoms with E-state index >= 15 is 0 Å². The normalized spacial score (nSPS) is 11.7. The average molecular weight is 642 g/mol. The van der Waals surface area contributed by atoms with E-state index in [2.05, 4.69) is 52.9 Å². The van der Waals surface area contributed by atoms with E-state index < -0.39 is 0 Å². The average Bonchev–Trinajstić information content (AvgIpc) is 3.57. The second-order valence-corrected chi connectivity index (χ2v) is 12.5. The first-order chi connectivity index (χ1) is 24.7. The van der Waals surface area contributed by atoms with Crippen LogP contribution in [0, 0.1) is 0 Å². The van der Waals surface area contributed by atoms with Gasteiger partial charge in [-0.25, -0.2) is 15.0 Å². The van der Waals surface area contributed by atoms with Crippen LogP contribution >= 0.6 is 0 Å². The summed E-state index contributed by atoms with van der Waals surface area (Å²) in [5.41, 5.74) is 6.13. The largest absolute Gasteiger partial charge is 0.295 e. The Kier molecular flexibility index (Phi) is 6.23. The number of benzene rings is 7. The van der Waals surface area contributed by atoms with Crippen LogP contribution in [0.3, 0.4) is 0 Å². The first kappa shape index (κ1) is 28.1. The second kappa shape index (κ2) is 11.1. The monoisotopic (exact) mass is 641 g/mol. The number of para-hydroxylation sites is 1. The van der Waals surface area contributed by atoms with E-state index in [9.17, 15) is 4.79 Å². The van der Waals surface area contributed by atoms with Crippen LogP contribution in [-0.4, -0.2) is 23.9 Å². The highest BCUT2D eigenvalue weighted by Gasteiger charge is 2.20. The number of hydrogen-bond acceptors (Lipinski definition) is 4. The van der Waals surface area contributed by atoms with Gasteiger partial charge in [0.1, 0.15) is 5.65 Å². The minimum absolute atomic E-state index is 0.0724. The smallest absolute Gasteiger partial charge is 0.266 e. The summed E-state index contributed by atoms with van der Waals surface area (Å²) in [4.78, 5) is 29.7. The summed E-state index contributed by atoms with van der Waals surface area (Å²) in [7, 11) is 0. The van der Waals surface area contributed by atoms with Crippen molar-refractivity contribution in [2.24, 2.45) is 0 Å². The van der Waals surface area contributed by atoms with Crippen LogP contribution in [0.15, 0.2) is 169 Å². The van der Waals surface area contributed by atoms with Gasteiger partial charge in [0.05, 0.1) is 22.1 Å². The summed E-state index contributed by atoms with van der Waals surface area (Å²) in [6.45, 7) is 0. The number of fused-ring (bicyclic) bond motifs is 7. The number of nitrogens with zero attached hydrogens (tertiary/aromatic N) is 5. The first-order valence-corrected chi connectivity index (χ1v) is 16.6. The third-order valence-electron chi connectivity index (χ3n) is 9.54. The molecular weight excluding hydrogens is 615 g/mol. The molecule has 10 aromatic rings.